The number of anilines is 2. The maximum atomic E-state index is 5.75. The van der Waals surface area contributed by atoms with Gasteiger partial charge in [0.1, 0.15) is 5.82 Å². The molecule has 2 N–H and O–H groups in total. The monoisotopic (exact) mass is 331 g/mol. The molecule has 0 spiro atoms. The van der Waals surface area contributed by atoms with Crippen LogP contribution in [0.2, 0.25) is 0 Å². The van der Waals surface area contributed by atoms with Crippen molar-refractivity contribution < 1.29 is 0 Å². The number of nitrogen functional groups attached to an aromatic ring is 1. The Bertz CT molecular complexity index is 606. The summed E-state index contributed by atoms with van der Waals surface area (Å²) in [6.45, 7) is 2.93. The van der Waals surface area contributed by atoms with Crippen LogP contribution in [0.25, 0.3) is 0 Å². The highest BCUT2D eigenvalue weighted by Gasteiger charge is 2.31. The minimum Gasteiger partial charge on any atom is -0.399 e. The van der Waals surface area contributed by atoms with Crippen molar-refractivity contribution in [2.75, 3.05) is 10.6 Å². The van der Waals surface area contributed by atoms with Crippen LogP contribution in [0.1, 0.15) is 24.0 Å². The molecule has 1 aliphatic carbocycles. The zero-order chi connectivity index (χ0) is 14.1. The first-order valence-corrected chi connectivity index (χ1v) is 7.66. The summed E-state index contributed by atoms with van der Waals surface area (Å²) in [5, 5.41) is 0. The third-order valence-electron chi connectivity index (χ3n) is 3.55. The molecule has 1 saturated carbocycles. The molecule has 1 aliphatic rings. The van der Waals surface area contributed by atoms with Crippen molar-refractivity contribution in [1.82, 2.24) is 4.98 Å². The molecule has 0 atom stereocenters. The number of aryl methyl sites for hydroxylation is 1. The van der Waals surface area contributed by atoms with Gasteiger partial charge in [-0.2, -0.15) is 0 Å². The van der Waals surface area contributed by atoms with E-state index in [0.717, 1.165) is 22.5 Å². The summed E-state index contributed by atoms with van der Waals surface area (Å²) in [5.41, 5.74) is 8.99. The molecule has 4 heteroatoms. The van der Waals surface area contributed by atoms with Crippen LogP contribution in [-0.4, -0.2) is 11.0 Å². The maximum absolute atomic E-state index is 5.75. The smallest absolute Gasteiger partial charge is 0.143 e. The van der Waals surface area contributed by atoms with Crippen LogP contribution in [0.4, 0.5) is 11.5 Å². The average Bonchev–Trinajstić information content (AvgIpc) is 3.23. The molecule has 1 heterocycles. The van der Waals surface area contributed by atoms with Gasteiger partial charge in [-0.3, -0.25) is 0 Å². The van der Waals surface area contributed by atoms with Gasteiger partial charge in [-0.15, -0.1) is 0 Å². The van der Waals surface area contributed by atoms with Crippen LogP contribution < -0.4 is 10.6 Å². The van der Waals surface area contributed by atoms with E-state index in [-0.39, 0.29) is 0 Å². The van der Waals surface area contributed by atoms with E-state index in [2.05, 4.69) is 50.9 Å². The molecule has 2 aromatic rings. The number of benzene rings is 1. The predicted octanol–water partition coefficient (Wildman–Crippen LogP) is 3.90. The molecule has 0 bridgehead atoms. The molecule has 0 unspecified atom stereocenters. The van der Waals surface area contributed by atoms with Gasteiger partial charge >= 0.3 is 0 Å². The lowest BCUT2D eigenvalue weighted by atomic mass is 10.2. The molecule has 0 saturated heterocycles. The predicted molar refractivity (Wildman–Crippen MR) is 86.7 cm³/mol. The zero-order valence-electron chi connectivity index (χ0n) is 11.5. The van der Waals surface area contributed by atoms with Crippen molar-refractivity contribution in [2.45, 2.75) is 32.4 Å². The van der Waals surface area contributed by atoms with Gasteiger partial charge in [0.05, 0.1) is 4.47 Å². The van der Waals surface area contributed by atoms with Crippen molar-refractivity contribution in [3.05, 3.63) is 52.1 Å². The normalized spacial score (nSPS) is 14.3. The van der Waals surface area contributed by atoms with Crippen molar-refractivity contribution in [2.24, 2.45) is 0 Å². The van der Waals surface area contributed by atoms with E-state index >= 15 is 0 Å². The third-order valence-corrected chi connectivity index (χ3v) is 4.13. The van der Waals surface area contributed by atoms with Gasteiger partial charge < -0.3 is 10.6 Å². The van der Waals surface area contributed by atoms with Crippen molar-refractivity contribution >= 4 is 27.4 Å². The summed E-state index contributed by atoms with van der Waals surface area (Å²) in [4.78, 5) is 6.99. The number of pyridine rings is 1. The molecule has 104 valence electrons. The topological polar surface area (TPSA) is 42.2 Å². The van der Waals surface area contributed by atoms with Crippen LogP contribution in [0.3, 0.4) is 0 Å². The summed E-state index contributed by atoms with van der Waals surface area (Å²) in [5.74, 6) is 1.04. The second-order valence-electron chi connectivity index (χ2n) is 5.42. The summed E-state index contributed by atoms with van der Waals surface area (Å²) in [6, 6.07) is 10.8. The second kappa shape index (κ2) is 5.44. The van der Waals surface area contributed by atoms with Crippen molar-refractivity contribution in [3.8, 4) is 0 Å². The SMILES string of the molecule is Cc1cnc(N(Cc2ccc(N)cc2)C2CC2)c(Br)c1. The van der Waals surface area contributed by atoms with Gasteiger partial charge in [0.15, 0.2) is 0 Å². The van der Waals surface area contributed by atoms with Gasteiger partial charge in [0.2, 0.25) is 0 Å². The lowest BCUT2D eigenvalue weighted by Gasteiger charge is -2.25. The number of aromatic nitrogens is 1. The van der Waals surface area contributed by atoms with E-state index < -0.39 is 0 Å². The minimum atomic E-state index is 0.610. The molecule has 1 fully saturated rings. The molecular weight excluding hydrogens is 314 g/mol. The second-order valence-corrected chi connectivity index (χ2v) is 6.27. The van der Waals surface area contributed by atoms with Crippen LogP contribution >= 0.6 is 15.9 Å². The summed E-state index contributed by atoms with van der Waals surface area (Å²) in [6.07, 6.45) is 4.42. The minimum absolute atomic E-state index is 0.610. The van der Waals surface area contributed by atoms with Crippen LogP contribution in [0, 0.1) is 6.92 Å². The first-order chi connectivity index (χ1) is 9.63. The van der Waals surface area contributed by atoms with E-state index in [1.54, 1.807) is 0 Å². The quantitative estimate of drug-likeness (QED) is 0.864. The molecule has 1 aromatic heterocycles. The maximum Gasteiger partial charge on any atom is 0.143 e. The number of nitrogens with two attached hydrogens (primary N) is 1. The number of halogens is 1. The Hall–Kier alpha value is -1.55. The van der Waals surface area contributed by atoms with Gasteiger partial charge in [0.25, 0.3) is 0 Å². The number of nitrogens with zero attached hydrogens (tertiary/aromatic N) is 2. The fraction of sp³-hybridized carbons (Fsp3) is 0.312. The first kappa shape index (κ1) is 13.4. The Balaban J connectivity index is 1.87. The van der Waals surface area contributed by atoms with E-state index in [1.165, 1.54) is 24.0 Å². The Morgan fingerprint density at radius 2 is 2.00 bits per heavy atom. The highest BCUT2D eigenvalue weighted by molar-refractivity contribution is 9.10. The van der Waals surface area contributed by atoms with Crippen LogP contribution in [0.15, 0.2) is 41.0 Å². The Morgan fingerprint density at radius 1 is 1.30 bits per heavy atom. The van der Waals surface area contributed by atoms with Crippen molar-refractivity contribution in [3.63, 3.8) is 0 Å². The number of rotatable bonds is 4. The summed E-state index contributed by atoms with van der Waals surface area (Å²) < 4.78 is 1.07. The van der Waals surface area contributed by atoms with Crippen LogP contribution in [0.5, 0.6) is 0 Å². The average molecular weight is 332 g/mol. The van der Waals surface area contributed by atoms with E-state index in [9.17, 15) is 0 Å². The largest absolute Gasteiger partial charge is 0.399 e. The molecule has 0 aliphatic heterocycles. The lowest BCUT2D eigenvalue weighted by molar-refractivity contribution is 0.775. The molecule has 1 aromatic carbocycles. The van der Waals surface area contributed by atoms with Gasteiger partial charge in [0, 0.05) is 24.5 Å². The van der Waals surface area contributed by atoms with Gasteiger partial charge in [-0.1, -0.05) is 12.1 Å². The Kier molecular flexibility index (Phi) is 3.66. The fourth-order valence-electron chi connectivity index (χ4n) is 2.32. The van der Waals surface area contributed by atoms with Gasteiger partial charge in [-0.05, 0) is 65.0 Å². The van der Waals surface area contributed by atoms with E-state index in [0.29, 0.717) is 6.04 Å². The standard InChI is InChI=1S/C16H18BrN3/c1-11-8-15(17)16(19-9-11)20(14-6-7-14)10-12-2-4-13(18)5-3-12/h2-5,8-9,14H,6-7,10,18H2,1H3. The molecule has 0 amide bonds. The number of hydrogen-bond acceptors (Lipinski definition) is 3. The first-order valence-electron chi connectivity index (χ1n) is 6.86. The molecule has 20 heavy (non-hydrogen) atoms. The highest BCUT2D eigenvalue weighted by Crippen LogP contribution is 2.35. The summed E-state index contributed by atoms with van der Waals surface area (Å²) >= 11 is 3.64. The molecule has 3 rings (SSSR count). The fourth-order valence-corrected chi connectivity index (χ4v) is 3.01. The van der Waals surface area contributed by atoms with E-state index in [1.807, 2.05) is 18.3 Å². The third kappa shape index (κ3) is 2.96. The Labute approximate surface area is 127 Å². The lowest BCUT2D eigenvalue weighted by Crippen LogP contribution is -2.26. The van der Waals surface area contributed by atoms with Gasteiger partial charge in [-0.25, -0.2) is 4.98 Å². The molecular formula is C16H18BrN3. The Morgan fingerprint density at radius 3 is 2.60 bits per heavy atom. The van der Waals surface area contributed by atoms with Crippen molar-refractivity contribution in [1.29, 1.82) is 0 Å². The highest BCUT2D eigenvalue weighted by atomic mass is 79.9. The summed E-state index contributed by atoms with van der Waals surface area (Å²) in [7, 11) is 0. The number of hydrogen-bond donors (Lipinski definition) is 1. The van der Waals surface area contributed by atoms with Crippen LogP contribution in [-0.2, 0) is 6.54 Å². The van der Waals surface area contributed by atoms with E-state index in [4.69, 9.17) is 5.73 Å². The molecule has 3 nitrogen and oxygen atoms in total. The zero-order valence-corrected chi connectivity index (χ0v) is 13.1. The molecule has 0 radical (unpaired) electrons.